The summed E-state index contributed by atoms with van der Waals surface area (Å²) in [6, 6.07) is 62.8. The first-order chi connectivity index (χ1) is 33.2. The van der Waals surface area contributed by atoms with Crippen molar-refractivity contribution >= 4 is 101 Å². The fraction of sp³-hybridized carbons (Fsp3) is 0.242. The molecule has 10 aromatic rings. The van der Waals surface area contributed by atoms with Gasteiger partial charge in [-0.05, 0) is 160 Å². The lowest BCUT2D eigenvalue weighted by molar-refractivity contribution is 0.568. The minimum atomic E-state index is -0.0799. The molecule has 0 atom stereocenters. The van der Waals surface area contributed by atoms with E-state index in [2.05, 4.69) is 257 Å². The van der Waals surface area contributed by atoms with Gasteiger partial charge in [-0.15, -0.1) is 0 Å². The molecule has 0 N–H and O–H groups in total. The molecule has 0 radical (unpaired) electrons. The topological polar surface area (TPSA) is 19.6 Å². The van der Waals surface area contributed by atoms with Crippen LogP contribution in [-0.2, 0) is 21.7 Å². The molecule has 3 nitrogen and oxygen atoms in total. The van der Waals surface area contributed by atoms with Gasteiger partial charge in [0.05, 0.1) is 0 Å². The summed E-state index contributed by atoms with van der Waals surface area (Å²) in [6.07, 6.45) is 0. The minimum absolute atomic E-state index is 0.0515. The Morgan fingerprint density at radius 3 is 1.19 bits per heavy atom. The first-order valence-electron chi connectivity index (χ1n) is 25.3. The third kappa shape index (κ3) is 7.16. The van der Waals surface area contributed by atoms with Crippen molar-refractivity contribution in [1.82, 2.24) is 0 Å². The molecule has 4 heteroatoms. The van der Waals surface area contributed by atoms with Gasteiger partial charge in [0.25, 0.3) is 6.71 Å². The molecule has 0 aliphatic carbocycles. The van der Waals surface area contributed by atoms with Crippen molar-refractivity contribution in [3.05, 3.63) is 186 Å². The first-order valence-corrected chi connectivity index (χ1v) is 25.3. The molecule has 3 heterocycles. The Kier molecular flexibility index (Phi) is 9.62. The third-order valence-corrected chi connectivity index (χ3v) is 15.3. The normalized spacial score (nSPS) is 13.9. The quantitative estimate of drug-likeness (QED) is 0.165. The van der Waals surface area contributed by atoms with Gasteiger partial charge in [-0.3, -0.25) is 0 Å². The lowest BCUT2D eigenvalue weighted by atomic mass is 9.33. The summed E-state index contributed by atoms with van der Waals surface area (Å²) in [5.41, 5.74) is 20.2. The van der Waals surface area contributed by atoms with Crippen molar-refractivity contribution < 1.29 is 4.42 Å². The number of rotatable bonds is 3. The lowest BCUT2D eigenvalue weighted by Gasteiger charge is -2.45. The fourth-order valence-corrected chi connectivity index (χ4v) is 11.2. The van der Waals surface area contributed by atoms with Crippen LogP contribution in [0.2, 0.25) is 0 Å². The average Bonchev–Trinajstić information content (AvgIpc) is 3.69. The molecule has 70 heavy (non-hydrogen) atoms. The van der Waals surface area contributed by atoms with Crippen LogP contribution in [-0.4, -0.2) is 6.71 Å². The van der Waals surface area contributed by atoms with E-state index in [9.17, 15) is 0 Å². The van der Waals surface area contributed by atoms with Crippen LogP contribution in [0, 0.1) is 0 Å². The summed E-state index contributed by atoms with van der Waals surface area (Å²) < 4.78 is 6.63. The monoisotopic (exact) mass is 911 g/mol. The largest absolute Gasteiger partial charge is 0.456 e. The molecule has 2 aliphatic rings. The molecule has 1 aromatic heterocycles. The van der Waals surface area contributed by atoms with Gasteiger partial charge in [-0.25, -0.2) is 0 Å². The second kappa shape index (κ2) is 15.2. The summed E-state index contributed by atoms with van der Waals surface area (Å²) >= 11 is 0. The summed E-state index contributed by atoms with van der Waals surface area (Å²) in [5, 5.41) is 7.23. The third-order valence-electron chi connectivity index (χ3n) is 15.3. The van der Waals surface area contributed by atoms with E-state index in [-0.39, 0.29) is 28.4 Å². The van der Waals surface area contributed by atoms with Crippen molar-refractivity contribution in [2.75, 3.05) is 9.80 Å². The Balaban J connectivity index is 1.25. The van der Waals surface area contributed by atoms with Gasteiger partial charge in [0.15, 0.2) is 0 Å². The molecule has 0 fully saturated rings. The molecule has 9 aromatic carbocycles. The van der Waals surface area contributed by atoms with Crippen LogP contribution < -0.4 is 26.2 Å². The number of furan rings is 1. The van der Waals surface area contributed by atoms with Crippen molar-refractivity contribution in [2.24, 2.45) is 0 Å². The number of hydrogen-bond donors (Lipinski definition) is 0. The highest BCUT2D eigenvalue weighted by atomic mass is 16.3. The van der Waals surface area contributed by atoms with E-state index in [1.54, 1.807) is 0 Å². The van der Waals surface area contributed by atoms with Crippen LogP contribution in [0.5, 0.6) is 0 Å². The summed E-state index contributed by atoms with van der Waals surface area (Å²) in [7, 11) is 0. The van der Waals surface area contributed by atoms with Gasteiger partial charge in [0.2, 0.25) is 0 Å². The molecule has 346 valence electrons. The standard InChI is InChI=1S/C66H63BN2O/c1-63(2,3)46-34-47(64(4,5)6)37-50(36-46)68-56-29-42-21-15-13-19-40(42)27-54(56)67-55-28-41-20-14-16-22-43(41)30-57(55)69(51-38-48(65(7,8)9)35-49(39-51)66(10,11)12)59-32-45(31-58(68)62(59)67)44-25-26-53-52-23-17-18-24-60(52)70-61(53)33-44/h13-39H,1-12H3. The smallest absolute Gasteiger partial charge is 0.252 e. The molecule has 0 unspecified atom stereocenters. The van der Waals surface area contributed by atoms with Crippen molar-refractivity contribution in [1.29, 1.82) is 0 Å². The van der Waals surface area contributed by atoms with Crippen molar-refractivity contribution in [3.8, 4) is 11.1 Å². The van der Waals surface area contributed by atoms with Gasteiger partial charge in [-0.1, -0.05) is 180 Å². The summed E-state index contributed by atoms with van der Waals surface area (Å²) in [5.74, 6) is 0. The molecule has 12 rings (SSSR count). The van der Waals surface area contributed by atoms with Gasteiger partial charge >= 0.3 is 0 Å². The number of nitrogens with zero attached hydrogens (tertiary/aromatic N) is 2. The molecule has 0 saturated heterocycles. The molecule has 0 saturated carbocycles. The molecular weight excluding hydrogens is 848 g/mol. The molecule has 2 aliphatic heterocycles. The predicted octanol–water partition coefficient (Wildman–Crippen LogP) is 16.8. The van der Waals surface area contributed by atoms with Crippen LogP contribution in [0.25, 0.3) is 54.6 Å². The van der Waals surface area contributed by atoms with Gasteiger partial charge in [0, 0.05) is 44.9 Å². The highest BCUT2D eigenvalue weighted by molar-refractivity contribution is 7.00. The highest BCUT2D eigenvalue weighted by Gasteiger charge is 2.45. The van der Waals surface area contributed by atoms with Crippen molar-refractivity contribution in [3.63, 3.8) is 0 Å². The maximum Gasteiger partial charge on any atom is 0.252 e. The van der Waals surface area contributed by atoms with E-state index in [1.807, 2.05) is 0 Å². The second-order valence-corrected chi connectivity index (χ2v) is 24.4. The number of fused-ring (bicyclic) bond motifs is 9. The number of benzene rings is 9. The van der Waals surface area contributed by atoms with E-state index in [1.165, 1.54) is 94.3 Å². The zero-order chi connectivity index (χ0) is 48.8. The number of anilines is 6. The van der Waals surface area contributed by atoms with Crippen LogP contribution in [0.4, 0.5) is 34.1 Å². The molecule has 0 bridgehead atoms. The van der Waals surface area contributed by atoms with E-state index in [4.69, 9.17) is 4.42 Å². The first kappa shape index (κ1) is 44.2. The zero-order valence-corrected chi connectivity index (χ0v) is 43.0. The maximum absolute atomic E-state index is 6.63. The van der Waals surface area contributed by atoms with E-state index in [0.29, 0.717) is 0 Å². The van der Waals surface area contributed by atoms with Crippen LogP contribution in [0.15, 0.2) is 168 Å². The molecule has 0 amide bonds. The van der Waals surface area contributed by atoms with Crippen LogP contribution in [0.3, 0.4) is 0 Å². The van der Waals surface area contributed by atoms with E-state index in [0.717, 1.165) is 33.1 Å². The van der Waals surface area contributed by atoms with E-state index >= 15 is 0 Å². The van der Waals surface area contributed by atoms with E-state index < -0.39 is 0 Å². The predicted molar refractivity (Wildman–Crippen MR) is 303 cm³/mol. The van der Waals surface area contributed by atoms with Gasteiger partial charge in [0.1, 0.15) is 11.2 Å². The highest BCUT2D eigenvalue weighted by Crippen LogP contribution is 2.50. The van der Waals surface area contributed by atoms with Gasteiger partial charge < -0.3 is 14.2 Å². The Morgan fingerprint density at radius 2 is 0.743 bits per heavy atom. The molecule has 0 spiro atoms. The number of hydrogen-bond acceptors (Lipinski definition) is 3. The Labute approximate surface area is 414 Å². The Hall–Kier alpha value is -7.04. The van der Waals surface area contributed by atoms with Crippen molar-refractivity contribution in [2.45, 2.75) is 105 Å². The summed E-state index contributed by atoms with van der Waals surface area (Å²) in [6.45, 7) is 28.1. The zero-order valence-electron chi connectivity index (χ0n) is 43.0. The molecular formula is C66H63BN2O. The second-order valence-electron chi connectivity index (χ2n) is 24.4. The minimum Gasteiger partial charge on any atom is -0.456 e. The van der Waals surface area contributed by atoms with Crippen LogP contribution >= 0.6 is 0 Å². The maximum atomic E-state index is 6.63. The Bertz CT molecular complexity index is 3540. The lowest BCUT2D eigenvalue weighted by Crippen LogP contribution is -2.61. The Morgan fingerprint density at radius 1 is 0.343 bits per heavy atom. The average molecular weight is 911 g/mol. The van der Waals surface area contributed by atoms with Crippen LogP contribution in [0.1, 0.15) is 105 Å². The number of para-hydroxylation sites is 1. The summed E-state index contributed by atoms with van der Waals surface area (Å²) in [4.78, 5) is 5.25. The van der Waals surface area contributed by atoms with Gasteiger partial charge in [-0.2, -0.15) is 0 Å². The fourth-order valence-electron chi connectivity index (χ4n) is 11.2. The SMILES string of the molecule is CC(C)(C)c1cc(N2c3cc4ccccc4cc3B3c4cc5ccccc5cc4N(c4cc(C(C)(C)C)cc(C(C)(C)C)c4)c4cc(-c5ccc6c(c5)oc5ccccc56)cc2c43)cc(C(C)(C)C)c1.